The van der Waals surface area contributed by atoms with Crippen molar-refractivity contribution in [1.82, 2.24) is 0 Å². The number of benzene rings is 2. The topological polar surface area (TPSA) is 19.9 Å². The van der Waals surface area contributed by atoms with Crippen LogP contribution in [0.1, 0.15) is 5.56 Å². The van der Waals surface area contributed by atoms with E-state index in [1.807, 2.05) is 36.4 Å². The number of rotatable bonds is 1. The first kappa shape index (κ1) is 13.4. The van der Waals surface area contributed by atoms with Gasteiger partial charge in [-0.05, 0) is 35.4 Å². The van der Waals surface area contributed by atoms with E-state index in [2.05, 4.69) is 31.1 Å². The van der Waals surface area contributed by atoms with Gasteiger partial charge in [-0.2, -0.15) is 0 Å². The molecule has 0 spiro atoms. The minimum Gasteiger partial charge on any atom is -0.290 e. The van der Waals surface area contributed by atoms with Crippen LogP contribution in [0.3, 0.4) is 0 Å². The van der Waals surface area contributed by atoms with Crippen LogP contribution in [-0.4, -0.2) is 8.07 Å². The van der Waals surface area contributed by atoms with E-state index in [1.165, 1.54) is 0 Å². The average molecular weight is 265 g/mol. The third-order valence-corrected chi connectivity index (χ3v) is 3.53. The van der Waals surface area contributed by atoms with Crippen molar-refractivity contribution in [2.75, 3.05) is 0 Å². The Hall–Kier alpha value is -1.98. The Morgan fingerprint density at radius 2 is 1.26 bits per heavy atom. The molecule has 2 aromatic rings. The molecule has 2 aromatic carbocycles. The molecule has 0 fully saturated rings. The van der Waals surface area contributed by atoms with Crippen molar-refractivity contribution in [1.29, 1.82) is 0 Å². The summed E-state index contributed by atoms with van der Waals surface area (Å²) in [6.45, 7) is 6.70. The normalized spacial score (nSPS) is 10.7. The second-order valence-electron chi connectivity index (χ2n) is 5.60. The molecule has 0 N–H and O–H groups in total. The number of hydrogen-bond acceptors (Lipinski definition) is 0. The summed E-state index contributed by atoms with van der Waals surface area (Å²) in [5.74, 6) is 3.28. The first-order valence-electron chi connectivity index (χ1n) is 6.35. The van der Waals surface area contributed by atoms with Gasteiger partial charge in [0.2, 0.25) is 0 Å². The maximum absolute atomic E-state index is 11.1. The van der Waals surface area contributed by atoms with Crippen LogP contribution in [0, 0.1) is 11.5 Å². The highest BCUT2D eigenvalue weighted by Crippen LogP contribution is 2.22. The zero-order chi connectivity index (χ0) is 13.9. The van der Waals surface area contributed by atoms with E-state index in [0.29, 0.717) is 0 Å². The predicted molar refractivity (Wildman–Crippen MR) is 82.2 cm³/mol. The van der Waals surface area contributed by atoms with Crippen LogP contribution in [0.5, 0.6) is 5.75 Å². The molecule has 2 rings (SSSR count). The summed E-state index contributed by atoms with van der Waals surface area (Å²) in [5.41, 5.74) is 6.57. The maximum Gasteiger partial charge on any atom is 0.178 e. The Bertz CT molecular complexity index is 608. The first-order chi connectivity index (χ1) is 8.94. The van der Waals surface area contributed by atoms with Gasteiger partial charge in [-0.25, -0.2) is 0 Å². The van der Waals surface area contributed by atoms with Crippen molar-refractivity contribution in [2.24, 2.45) is 0 Å². The van der Waals surface area contributed by atoms with Gasteiger partial charge in [0, 0.05) is 5.56 Å². The van der Waals surface area contributed by atoms with Crippen LogP contribution in [0.15, 0.2) is 48.5 Å². The monoisotopic (exact) mass is 265 g/mol. The largest absolute Gasteiger partial charge is 0.290 e. The van der Waals surface area contributed by atoms with Crippen molar-refractivity contribution >= 4 is 8.07 Å². The van der Waals surface area contributed by atoms with E-state index >= 15 is 0 Å². The summed E-state index contributed by atoms with van der Waals surface area (Å²) >= 11 is 0. The lowest BCUT2D eigenvalue weighted by atomic mass is 10.0. The molecule has 0 saturated heterocycles. The smallest absolute Gasteiger partial charge is 0.178 e. The van der Waals surface area contributed by atoms with Crippen molar-refractivity contribution in [3.05, 3.63) is 54.1 Å². The van der Waals surface area contributed by atoms with Crippen LogP contribution >= 0.6 is 0 Å². The van der Waals surface area contributed by atoms with E-state index < -0.39 is 8.07 Å². The molecule has 0 aliphatic heterocycles. The summed E-state index contributed by atoms with van der Waals surface area (Å²) < 4.78 is 0. The molecule has 0 atom stereocenters. The van der Waals surface area contributed by atoms with Gasteiger partial charge in [0.1, 0.15) is 8.07 Å². The summed E-state index contributed by atoms with van der Waals surface area (Å²) in [6, 6.07) is 15.1. The summed E-state index contributed by atoms with van der Waals surface area (Å²) in [4.78, 5) is 0. The SMILES string of the molecule is C[Si](C)(C)C#Cc1ccc(-c2ccc([O])cc2)cc1. The molecule has 0 aromatic heterocycles. The minimum absolute atomic E-state index is 0.0429. The molecule has 0 bridgehead atoms. The summed E-state index contributed by atoms with van der Waals surface area (Å²) in [5, 5.41) is 11.1. The van der Waals surface area contributed by atoms with E-state index in [4.69, 9.17) is 0 Å². The lowest BCUT2D eigenvalue weighted by Crippen LogP contribution is -2.16. The van der Waals surface area contributed by atoms with Crippen LogP contribution in [0.2, 0.25) is 19.6 Å². The van der Waals surface area contributed by atoms with Gasteiger partial charge >= 0.3 is 0 Å². The fraction of sp³-hybridized carbons (Fsp3) is 0.176. The van der Waals surface area contributed by atoms with Gasteiger partial charge < -0.3 is 0 Å². The highest BCUT2D eigenvalue weighted by atomic mass is 28.3. The zero-order valence-corrected chi connectivity index (χ0v) is 12.5. The fourth-order valence-electron chi connectivity index (χ4n) is 1.65. The summed E-state index contributed by atoms with van der Waals surface area (Å²) in [6.07, 6.45) is 0. The Balaban J connectivity index is 2.23. The van der Waals surface area contributed by atoms with Crippen molar-refractivity contribution in [2.45, 2.75) is 19.6 Å². The predicted octanol–water partition coefficient (Wildman–Crippen LogP) is 4.73. The Kier molecular flexibility index (Phi) is 3.78. The van der Waals surface area contributed by atoms with Crippen LogP contribution in [0.4, 0.5) is 0 Å². The Morgan fingerprint density at radius 1 is 0.789 bits per heavy atom. The molecule has 0 amide bonds. The third-order valence-electron chi connectivity index (χ3n) is 2.65. The lowest BCUT2D eigenvalue weighted by Gasteiger charge is -2.04. The molecule has 1 nitrogen and oxygen atoms in total. The number of hydrogen-bond donors (Lipinski definition) is 0. The molecule has 1 radical (unpaired) electrons. The van der Waals surface area contributed by atoms with Gasteiger partial charge in [-0.15, -0.1) is 5.54 Å². The average Bonchev–Trinajstić information content (AvgIpc) is 2.37. The second-order valence-corrected chi connectivity index (χ2v) is 10.4. The molecule has 0 saturated carbocycles. The molecular formula is C17H17OSi. The van der Waals surface area contributed by atoms with Gasteiger partial charge in [0.05, 0.1) is 0 Å². The molecule has 19 heavy (non-hydrogen) atoms. The summed E-state index contributed by atoms with van der Waals surface area (Å²) in [7, 11) is -1.32. The first-order valence-corrected chi connectivity index (χ1v) is 9.85. The molecule has 95 valence electrons. The van der Waals surface area contributed by atoms with E-state index in [9.17, 15) is 5.11 Å². The van der Waals surface area contributed by atoms with Gasteiger partial charge in [-0.1, -0.05) is 49.8 Å². The van der Waals surface area contributed by atoms with E-state index in [0.717, 1.165) is 16.7 Å². The van der Waals surface area contributed by atoms with Gasteiger partial charge in [0.15, 0.2) is 5.75 Å². The van der Waals surface area contributed by atoms with Crippen LogP contribution < -0.4 is 0 Å². The fourth-order valence-corrected chi connectivity index (χ4v) is 2.17. The van der Waals surface area contributed by atoms with Crippen LogP contribution in [-0.2, 0) is 5.11 Å². The molecule has 0 unspecified atom stereocenters. The third kappa shape index (κ3) is 4.01. The minimum atomic E-state index is -1.32. The van der Waals surface area contributed by atoms with Crippen LogP contribution in [0.25, 0.3) is 11.1 Å². The Labute approximate surface area is 115 Å². The lowest BCUT2D eigenvalue weighted by molar-refractivity contribution is 0.355. The maximum atomic E-state index is 11.1. The van der Waals surface area contributed by atoms with E-state index in [-0.39, 0.29) is 5.75 Å². The molecular weight excluding hydrogens is 248 g/mol. The zero-order valence-electron chi connectivity index (χ0n) is 11.5. The second kappa shape index (κ2) is 5.34. The highest BCUT2D eigenvalue weighted by molar-refractivity contribution is 6.83. The molecule has 2 heteroatoms. The quantitative estimate of drug-likeness (QED) is 0.525. The van der Waals surface area contributed by atoms with Crippen molar-refractivity contribution < 1.29 is 5.11 Å². The van der Waals surface area contributed by atoms with E-state index in [1.54, 1.807) is 12.1 Å². The molecule has 0 aliphatic rings. The van der Waals surface area contributed by atoms with Crippen molar-refractivity contribution in [3.8, 4) is 28.3 Å². The molecule has 0 heterocycles. The highest BCUT2D eigenvalue weighted by Gasteiger charge is 2.07. The van der Waals surface area contributed by atoms with Crippen molar-refractivity contribution in [3.63, 3.8) is 0 Å². The molecule has 0 aliphatic carbocycles. The van der Waals surface area contributed by atoms with Gasteiger partial charge in [0.25, 0.3) is 0 Å². The standard InChI is InChI=1S/C17H17OSi/c1-19(2,3)13-12-14-4-6-15(7-5-14)16-8-10-17(18)11-9-16/h4-11H,1-3H3. The Morgan fingerprint density at radius 3 is 1.74 bits per heavy atom. The van der Waals surface area contributed by atoms with Gasteiger partial charge in [-0.3, -0.25) is 5.11 Å².